The third-order valence-electron chi connectivity index (χ3n) is 3.07. The summed E-state index contributed by atoms with van der Waals surface area (Å²) < 4.78 is 10.4. The van der Waals surface area contributed by atoms with Gasteiger partial charge in [-0.1, -0.05) is 25.4 Å². The fraction of sp³-hybridized carbons (Fsp3) is 0.312. The highest BCUT2D eigenvalue weighted by atomic mass is 35.5. The molecule has 2 aromatic rings. The van der Waals surface area contributed by atoms with E-state index in [1.807, 2.05) is 13.8 Å². The molecule has 1 aromatic heterocycles. The minimum atomic E-state index is -1.08. The second-order valence-corrected chi connectivity index (χ2v) is 5.70. The van der Waals surface area contributed by atoms with E-state index in [1.165, 1.54) is 0 Å². The molecule has 0 bridgehead atoms. The second-order valence-electron chi connectivity index (χ2n) is 5.26. The van der Waals surface area contributed by atoms with Crippen molar-refractivity contribution in [3.05, 3.63) is 35.0 Å². The molecule has 2 N–H and O–H groups in total. The number of carboxylic acids is 1. The number of halogens is 1. The van der Waals surface area contributed by atoms with Crippen molar-refractivity contribution in [1.29, 1.82) is 0 Å². The Labute approximate surface area is 144 Å². The van der Waals surface area contributed by atoms with E-state index in [9.17, 15) is 4.79 Å². The molecule has 2 rings (SSSR count). The first-order valence-corrected chi connectivity index (χ1v) is 7.61. The number of ether oxygens (including phenoxy) is 2. The molecular weight excluding hydrogens is 334 g/mol. The van der Waals surface area contributed by atoms with Crippen LogP contribution in [0.3, 0.4) is 0 Å². The largest absolute Gasteiger partial charge is 0.495 e. The highest BCUT2D eigenvalue weighted by Gasteiger charge is 2.12. The summed E-state index contributed by atoms with van der Waals surface area (Å²) in [4.78, 5) is 19.3. The number of carboxylic acid groups (broad SMARTS) is 1. The smallest absolute Gasteiger partial charge is 0.341 e. The van der Waals surface area contributed by atoms with E-state index in [0.29, 0.717) is 22.2 Å². The van der Waals surface area contributed by atoms with E-state index in [-0.39, 0.29) is 17.7 Å². The molecule has 1 aromatic carbocycles. The SMILES string of the molecule is COc1ccc(Cl)cc1Nc1nc(OCC(=O)O)cc(C(C)C)n1. The van der Waals surface area contributed by atoms with E-state index >= 15 is 0 Å². The summed E-state index contributed by atoms with van der Waals surface area (Å²) in [7, 11) is 1.54. The molecule has 0 aliphatic heterocycles. The molecule has 128 valence electrons. The summed E-state index contributed by atoms with van der Waals surface area (Å²) in [6, 6.07) is 6.73. The molecule has 8 heteroatoms. The maximum Gasteiger partial charge on any atom is 0.341 e. The van der Waals surface area contributed by atoms with Crippen LogP contribution in [0.5, 0.6) is 11.6 Å². The molecule has 0 saturated heterocycles. The van der Waals surface area contributed by atoms with E-state index in [1.54, 1.807) is 31.4 Å². The summed E-state index contributed by atoms with van der Waals surface area (Å²) in [6.07, 6.45) is 0. The Bertz CT molecular complexity index is 737. The topological polar surface area (TPSA) is 93.6 Å². The molecule has 0 fully saturated rings. The number of benzene rings is 1. The van der Waals surface area contributed by atoms with Gasteiger partial charge in [0, 0.05) is 11.1 Å². The molecule has 0 amide bonds. The van der Waals surface area contributed by atoms with E-state index in [2.05, 4.69) is 15.3 Å². The van der Waals surface area contributed by atoms with Gasteiger partial charge >= 0.3 is 5.97 Å². The first-order chi connectivity index (χ1) is 11.4. The van der Waals surface area contributed by atoms with Crippen LogP contribution >= 0.6 is 11.6 Å². The number of anilines is 2. The van der Waals surface area contributed by atoms with Gasteiger partial charge in [0.25, 0.3) is 0 Å². The molecule has 0 atom stereocenters. The van der Waals surface area contributed by atoms with Crippen LogP contribution < -0.4 is 14.8 Å². The quantitative estimate of drug-likeness (QED) is 0.788. The molecule has 0 radical (unpaired) electrons. The zero-order chi connectivity index (χ0) is 17.7. The van der Waals surface area contributed by atoms with Crippen molar-refractivity contribution in [3.8, 4) is 11.6 Å². The fourth-order valence-electron chi connectivity index (χ4n) is 1.90. The average molecular weight is 352 g/mol. The number of nitrogens with one attached hydrogen (secondary N) is 1. The van der Waals surface area contributed by atoms with Crippen molar-refractivity contribution in [3.63, 3.8) is 0 Å². The van der Waals surface area contributed by atoms with Crippen molar-refractivity contribution in [1.82, 2.24) is 9.97 Å². The molecule has 0 saturated carbocycles. The average Bonchev–Trinajstić information content (AvgIpc) is 2.53. The third-order valence-corrected chi connectivity index (χ3v) is 3.30. The lowest BCUT2D eigenvalue weighted by atomic mass is 10.1. The van der Waals surface area contributed by atoms with E-state index in [0.717, 1.165) is 0 Å². The maximum atomic E-state index is 10.7. The number of methoxy groups -OCH3 is 1. The van der Waals surface area contributed by atoms with Crippen LogP contribution in [-0.4, -0.2) is 34.8 Å². The molecular formula is C16H18ClN3O4. The van der Waals surface area contributed by atoms with Gasteiger partial charge in [0.05, 0.1) is 18.5 Å². The normalized spacial score (nSPS) is 10.5. The summed E-state index contributed by atoms with van der Waals surface area (Å²) in [5.41, 5.74) is 1.31. The van der Waals surface area contributed by atoms with Crippen molar-refractivity contribution >= 4 is 29.2 Å². The van der Waals surface area contributed by atoms with Crippen LogP contribution in [0.4, 0.5) is 11.6 Å². The first-order valence-electron chi connectivity index (χ1n) is 7.23. The summed E-state index contributed by atoms with van der Waals surface area (Å²) in [6.45, 7) is 3.45. The van der Waals surface area contributed by atoms with Gasteiger partial charge in [-0.15, -0.1) is 0 Å². The number of rotatable bonds is 7. The Morgan fingerprint density at radius 1 is 1.33 bits per heavy atom. The minimum absolute atomic E-state index is 0.113. The molecule has 0 unspecified atom stereocenters. The third kappa shape index (κ3) is 4.73. The summed E-state index contributed by atoms with van der Waals surface area (Å²) in [5, 5.41) is 12.3. The number of carbonyl (C=O) groups is 1. The Hall–Kier alpha value is -2.54. The van der Waals surface area contributed by atoms with Gasteiger partial charge in [-0.2, -0.15) is 4.98 Å². The van der Waals surface area contributed by atoms with Gasteiger partial charge in [-0.05, 0) is 24.1 Å². The Kier molecular flexibility index (Phi) is 5.81. The molecule has 7 nitrogen and oxygen atoms in total. The summed E-state index contributed by atoms with van der Waals surface area (Å²) in [5.74, 6) is 0.0559. The maximum absolute atomic E-state index is 10.7. The zero-order valence-electron chi connectivity index (χ0n) is 13.5. The Morgan fingerprint density at radius 3 is 2.71 bits per heavy atom. The van der Waals surface area contributed by atoms with E-state index in [4.69, 9.17) is 26.2 Å². The van der Waals surface area contributed by atoms with Gasteiger partial charge in [0.2, 0.25) is 11.8 Å². The van der Waals surface area contributed by atoms with Gasteiger partial charge in [-0.25, -0.2) is 9.78 Å². The zero-order valence-corrected chi connectivity index (χ0v) is 14.3. The number of aliphatic carboxylic acids is 1. The Morgan fingerprint density at radius 2 is 2.08 bits per heavy atom. The molecule has 1 heterocycles. The standard InChI is InChI=1S/C16H18ClN3O4/c1-9(2)11-7-14(24-8-15(21)22)20-16(18-11)19-12-6-10(17)4-5-13(12)23-3/h4-7,9H,8H2,1-3H3,(H,21,22)(H,18,19,20). The molecule has 24 heavy (non-hydrogen) atoms. The lowest BCUT2D eigenvalue weighted by Crippen LogP contribution is -2.12. The highest BCUT2D eigenvalue weighted by Crippen LogP contribution is 2.30. The van der Waals surface area contributed by atoms with Gasteiger partial charge in [0.1, 0.15) is 5.75 Å². The van der Waals surface area contributed by atoms with Crippen LogP contribution in [0.25, 0.3) is 0 Å². The van der Waals surface area contributed by atoms with Gasteiger partial charge in [-0.3, -0.25) is 0 Å². The van der Waals surface area contributed by atoms with Crippen molar-refractivity contribution in [2.75, 3.05) is 19.0 Å². The van der Waals surface area contributed by atoms with Crippen molar-refractivity contribution in [2.24, 2.45) is 0 Å². The van der Waals surface area contributed by atoms with Crippen LogP contribution in [0, 0.1) is 0 Å². The van der Waals surface area contributed by atoms with Crippen LogP contribution in [0.15, 0.2) is 24.3 Å². The number of hydrogen-bond acceptors (Lipinski definition) is 6. The number of hydrogen-bond donors (Lipinski definition) is 2. The number of aromatic nitrogens is 2. The molecule has 0 aliphatic carbocycles. The van der Waals surface area contributed by atoms with Crippen LogP contribution in [-0.2, 0) is 4.79 Å². The molecule has 0 aliphatic rings. The van der Waals surface area contributed by atoms with Crippen LogP contribution in [0.1, 0.15) is 25.5 Å². The second kappa shape index (κ2) is 7.83. The highest BCUT2D eigenvalue weighted by molar-refractivity contribution is 6.31. The monoisotopic (exact) mass is 351 g/mol. The lowest BCUT2D eigenvalue weighted by molar-refractivity contribution is -0.139. The summed E-state index contributed by atoms with van der Waals surface area (Å²) >= 11 is 6.01. The van der Waals surface area contributed by atoms with Gasteiger partial charge in [0.15, 0.2) is 6.61 Å². The minimum Gasteiger partial charge on any atom is -0.495 e. The Balaban J connectivity index is 2.35. The van der Waals surface area contributed by atoms with Gasteiger partial charge < -0.3 is 19.9 Å². The van der Waals surface area contributed by atoms with Crippen molar-refractivity contribution in [2.45, 2.75) is 19.8 Å². The number of nitrogens with zero attached hydrogens (tertiary/aromatic N) is 2. The van der Waals surface area contributed by atoms with Crippen LogP contribution in [0.2, 0.25) is 5.02 Å². The first kappa shape index (κ1) is 17.8. The molecule has 0 spiro atoms. The van der Waals surface area contributed by atoms with Crippen molar-refractivity contribution < 1.29 is 19.4 Å². The lowest BCUT2D eigenvalue weighted by Gasteiger charge is -2.13. The predicted octanol–water partition coefficient (Wildman–Crippen LogP) is 3.47. The predicted molar refractivity (Wildman–Crippen MR) is 90.5 cm³/mol. The van der Waals surface area contributed by atoms with E-state index < -0.39 is 12.6 Å². The fourth-order valence-corrected chi connectivity index (χ4v) is 2.07.